The molecule has 7 nitrogen and oxygen atoms in total. The zero-order valence-electron chi connectivity index (χ0n) is 15.7. The fourth-order valence-corrected chi connectivity index (χ4v) is 5.23. The summed E-state index contributed by atoms with van der Waals surface area (Å²) in [5.74, 6) is -2.20. The number of ketones is 2. The molecule has 1 aromatic heterocycles. The van der Waals surface area contributed by atoms with Crippen LogP contribution in [0.1, 0.15) is 37.2 Å². The molecule has 3 aliphatic carbocycles. The van der Waals surface area contributed by atoms with E-state index in [1.165, 1.54) is 6.08 Å². The summed E-state index contributed by atoms with van der Waals surface area (Å²) in [7, 11) is 0. The standard InChI is InChI=1S/C22H19NO6/c1-9-6-15(25)14-7-13-11(3-4-12-17(13)22(28)23-21(12)27)18(19(14)20(9)26)16-5-2-10(8-24)29-16/h2-3,5-6,12-13,17-18,24H,4,7-8H2,1H3,(H,23,27,28). The Bertz CT molecular complexity index is 1080. The van der Waals surface area contributed by atoms with Crippen LogP contribution < -0.4 is 5.32 Å². The van der Waals surface area contributed by atoms with Gasteiger partial charge in [0.1, 0.15) is 18.1 Å². The molecule has 29 heavy (non-hydrogen) atoms. The van der Waals surface area contributed by atoms with Gasteiger partial charge in [0.05, 0.1) is 17.8 Å². The summed E-state index contributed by atoms with van der Waals surface area (Å²) in [4.78, 5) is 50.6. The van der Waals surface area contributed by atoms with Gasteiger partial charge in [-0.1, -0.05) is 11.6 Å². The quantitative estimate of drug-likeness (QED) is 0.447. The van der Waals surface area contributed by atoms with Gasteiger partial charge in [-0.3, -0.25) is 24.5 Å². The first kappa shape index (κ1) is 18.0. The smallest absolute Gasteiger partial charge is 0.231 e. The first-order chi connectivity index (χ1) is 13.9. The van der Waals surface area contributed by atoms with Crippen molar-refractivity contribution >= 4 is 23.4 Å². The van der Waals surface area contributed by atoms with E-state index in [1.807, 2.05) is 6.08 Å². The Morgan fingerprint density at radius 2 is 1.93 bits per heavy atom. The maximum absolute atomic E-state index is 13.1. The van der Waals surface area contributed by atoms with Gasteiger partial charge in [-0.05, 0) is 43.9 Å². The molecule has 2 heterocycles. The van der Waals surface area contributed by atoms with E-state index in [-0.39, 0.29) is 42.3 Å². The second-order valence-electron chi connectivity index (χ2n) is 8.04. The number of hydrogen-bond acceptors (Lipinski definition) is 6. The molecule has 4 unspecified atom stereocenters. The minimum absolute atomic E-state index is 0.208. The van der Waals surface area contributed by atoms with Crippen molar-refractivity contribution in [3.05, 3.63) is 58.1 Å². The first-order valence-electron chi connectivity index (χ1n) is 9.65. The van der Waals surface area contributed by atoms with Crippen LogP contribution in [-0.2, 0) is 25.8 Å². The Morgan fingerprint density at radius 1 is 1.14 bits per heavy atom. The monoisotopic (exact) mass is 393 g/mol. The number of rotatable bonds is 2. The van der Waals surface area contributed by atoms with Gasteiger partial charge in [-0.25, -0.2) is 0 Å². The fraction of sp³-hybridized carbons (Fsp3) is 0.364. The summed E-state index contributed by atoms with van der Waals surface area (Å²) in [6.07, 6.45) is 3.92. The van der Waals surface area contributed by atoms with Crippen LogP contribution in [0, 0.1) is 17.8 Å². The third-order valence-electron chi connectivity index (χ3n) is 6.53. The van der Waals surface area contributed by atoms with Crippen LogP contribution in [0.3, 0.4) is 0 Å². The van der Waals surface area contributed by atoms with Crippen molar-refractivity contribution in [1.29, 1.82) is 0 Å². The van der Waals surface area contributed by atoms with Crippen molar-refractivity contribution in [2.24, 2.45) is 17.8 Å². The van der Waals surface area contributed by atoms with E-state index in [1.54, 1.807) is 19.1 Å². The molecule has 0 spiro atoms. The molecular weight excluding hydrogens is 374 g/mol. The van der Waals surface area contributed by atoms with Crippen molar-refractivity contribution in [1.82, 2.24) is 5.32 Å². The minimum atomic E-state index is -0.603. The SMILES string of the molecule is CC1=CC(=O)C2=C(C1=O)C(c1ccc(CO)o1)C1=CCC3C(=O)NC(=O)C3C1C2. The summed E-state index contributed by atoms with van der Waals surface area (Å²) < 4.78 is 5.77. The summed E-state index contributed by atoms with van der Waals surface area (Å²) >= 11 is 0. The Morgan fingerprint density at radius 3 is 2.66 bits per heavy atom. The summed E-state index contributed by atoms with van der Waals surface area (Å²) in [5.41, 5.74) is 1.99. The number of furan rings is 1. The number of nitrogens with one attached hydrogen (secondary N) is 1. The maximum atomic E-state index is 13.1. The molecule has 0 radical (unpaired) electrons. The predicted molar refractivity (Wildman–Crippen MR) is 99.1 cm³/mol. The third-order valence-corrected chi connectivity index (χ3v) is 6.53. The number of imide groups is 1. The number of aliphatic hydroxyl groups excluding tert-OH is 1. The van der Waals surface area contributed by atoms with E-state index in [9.17, 15) is 24.3 Å². The molecule has 1 fully saturated rings. The van der Waals surface area contributed by atoms with E-state index in [4.69, 9.17) is 4.42 Å². The maximum Gasteiger partial charge on any atom is 0.231 e. The highest BCUT2D eigenvalue weighted by atomic mass is 16.4. The largest absolute Gasteiger partial charge is 0.463 e. The lowest BCUT2D eigenvalue weighted by Gasteiger charge is -2.41. The molecule has 2 amide bonds. The van der Waals surface area contributed by atoms with Gasteiger partial charge in [0, 0.05) is 16.7 Å². The Balaban J connectivity index is 1.70. The van der Waals surface area contributed by atoms with Crippen molar-refractivity contribution in [2.75, 3.05) is 0 Å². The van der Waals surface area contributed by atoms with Gasteiger partial charge in [0.2, 0.25) is 11.8 Å². The molecule has 0 saturated carbocycles. The van der Waals surface area contributed by atoms with Gasteiger partial charge in [0.15, 0.2) is 11.6 Å². The number of amides is 2. The molecule has 1 aliphatic heterocycles. The van der Waals surface area contributed by atoms with Gasteiger partial charge in [-0.15, -0.1) is 0 Å². The molecule has 148 valence electrons. The molecule has 4 atom stereocenters. The number of aliphatic hydroxyl groups is 1. The van der Waals surface area contributed by atoms with E-state index in [0.717, 1.165) is 5.57 Å². The Hall–Kier alpha value is -3.06. The van der Waals surface area contributed by atoms with E-state index < -0.39 is 17.8 Å². The average Bonchev–Trinajstić information content (AvgIpc) is 3.29. The first-order valence-corrected chi connectivity index (χ1v) is 9.65. The number of Topliss-reactive ketones (excluding diaryl/α,β-unsaturated/α-hetero) is 1. The number of fused-ring (bicyclic) bond motifs is 3. The van der Waals surface area contributed by atoms with E-state index in [0.29, 0.717) is 34.7 Å². The number of carbonyl (C=O) groups excluding carboxylic acids is 4. The molecule has 4 aliphatic rings. The van der Waals surface area contributed by atoms with Crippen LogP contribution in [0.2, 0.25) is 0 Å². The fourth-order valence-electron chi connectivity index (χ4n) is 5.23. The van der Waals surface area contributed by atoms with Crippen LogP contribution in [0.4, 0.5) is 0 Å². The Labute approximate surface area is 166 Å². The van der Waals surface area contributed by atoms with Crippen molar-refractivity contribution in [2.45, 2.75) is 32.3 Å². The zero-order chi connectivity index (χ0) is 20.4. The second-order valence-corrected chi connectivity index (χ2v) is 8.04. The van der Waals surface area contributed by atoms with Crippen molar-refractivity contribution in [3.63, 3.8) is 0 Å². The summed E-state index contributed by atoms with van der Waals surface area (Å²) in [6, 6.07) is 3.33. The number of allylic oxidation sites excluding steroid dienone is 6. The summed E-state index contributed by atoms with van der Waals surface area (Å²) in [5, 5.41) is 11.8. The normalized spacial score (nSPS) is 31.1. The lowest BCUT2D eigenvalue weighted by atomic mass is 9.60. The Kier molecular flexibility index (Phi) is 3.86. The summed E-state index contributed by atoms with van der Waals surface area (Å²) in [6.45, 7) is 1.33. The molecule has 2 N–H and O–H groups in total. The molecule has 1 saturated heterocycles. The number of carbonyl (C=O) groups is 4. The van der Waals surface area contributed by atoms with Gasteiger partial charge < -0.3 is 9.52 Å². The molecule has 0 aromatic carbocycles. The predicted octanol–water partition coefficient (Wildman–Crippen LogP) is 1.49. The van der Waals surface area contributed by atoms with Gasteiger partial charge in [-0.2, -0.15) is 0 Å². The van der Waals surface area contributed by atoms with Crippen LogP contribution in [0.15, 0.2) is 51.0 Å². The molecular formula is C22H19NO6. The van der Waals surface area contributed by atoms with Crippen molar-refractivity contribution < 1.29 is 28.7 Å². The lowest BCUT2D eigenvalue weighted by molar-refractivity contribution is -0.126. The topological polar surface area (TPSA) is 114 Å². The zero-order valence-corrected chi connectivity index (χ0v) is 15.7. The molecule has 5 rings (SSSR count). The molecule has 1 aromatic rings. The lowest BCUT2D eigenvalue weighted by Crippen LogP contribution is -2.39. The van der Waals surface area contributed by atoms with Gasteiger partial charge in [0.25, 0.3) is 0 Å². The van der Waals surface area contributed by atoms with E-state index >= 15 is 0 Å². The highest BCUT2D eigenvalue weighted by Crippen LogP contribution is 2.54. The highest BCUT2D eigenvalue weighted by Gasteiger charge is 2.53. The minimum Gasteiger partial charge on any atom is -0.463 e. The molecule has 7 heteroatoms. The van der Waals surface area contributed by atoms with Crippen LogP contribution in [0.5, 0.6) is 0 Å². The van der Waals surface area contributed by atoms with Gasteiger partial charge >= 0.3 is 0 Å². The van der Waals surface area contributed by atoms with Crippen LogP contribution in [-0.4, -0.2) is 28.5 Å². The molecule has 0 bridgehead atoms. The van der Waals surface area contributed by atoms with Crippen molar-refractivity contribution in [3.8, 4) is 0 Å². The number of hydrogen-bond donors (Lipinski definition) is 2. The average molecular weight is 393 g/mol. The highest BCUT2D eigenvalue weighted by molar-refractivity contribution is 6.23. The second kappa shape index (κ2) is 6.22. The third kappa shape index (κ3) is 2.47. The van der Waals surface area contributed by atoms with Crippen LogP contribution in [0.25, 0.3) is 0 Å². The van der Waals surface area contributed by atoms with Crippen LogP contribution >= 0.6 is 0 Å². The van der Waals surface area contributed by atoms with E-state index in [2.05, 4.69) is 5.32 Å².